The molecule has 1 aromatic rings. The summed E-state index contributed by atoms with van der Waals surface area (Å²) in [5.74, 6) is -1.53. The van der Waals surface area contributed by atoms with E-state index in [1.165, 1.54) is 12.1 Å². The molecule has 0 saturated heterocycles. The van der Waals surface area contributed by atoms with Crippen LogP contribution in [0.15, 0.2) is 24.3 Å². The number of carbonyl (C=O) groups is 2. The number of halogens is 1. The van der Waals surface area contributed by atoms with E-state index in [-0.39, 0.29) is 30.9 Å². The Hall–Kier alpha value is -1.95. The van der Waals surface area contributed by atoms with Crippen LogP contribution in [-0.2, 0) is 16.1 Å². The second-order valence-electron chi connectivity index (χ2n) is 4.96. The van der Waals surface area contributed by atoms with E-state index in [9.17, 15) is 14.0 Å². The Bertz CT molecular complexity index is 476. The van der Waals surface area contributed by atoms with Crippen LogP contribution in [0.25, 0.3) is 0 Å². The highest BCUT2D eigenvalue weighted by Crippen LogP contribution is 2.04. The van der Waals surface area contributed by atoms with E-state index in [2.05, 4.69) is 5.32 Å². The van der Waals surface area contributed by atoms with Crippen molar-refractivity contribution >= 4 is 11.9 Å². The Labute approximate surface area is 123 Å². The molecule has 21 heavy (non-hydrogen) atoms. The molecular weight excluding hydrogens is 275 g/mol. The van der Waals surface area contributed by atoms with Gasteiger partial charge < -0.3 is 10.4 Å². The van der Waals surface area contributed by atoms with Crippen LogP contribution in [0.1, 0.15) is 25.8 Å². The predicted octanol–water partition coefficient (Wildman–Crippen LogP) is 1.63. The first-order chi connectivity index (χ1) is 9.92. The number of carbonyl (C=O) groups excluding carboxylic acids is 1. The number of amides is 1. The number of hydrogen-bond donors (Lipinski definition) is 2. The molecule has 0 bridgehead atoms. The maximum atomic E-state index is 12.8. The highest BCUT2D eigenvalue weighted by atomic mass is 19.1. The molecule has 2 N–H and O–H groups in total. The van der Waals surface area contributed by atoms with Gasteiger partial charge in [-0.1, -0.05) is 19.1 Å². The van der Waals surface area contributed by atoms with Crippen molar-refractivity contribution in [1.82, 2.24) is 10.2 Å². The molecule has 0 aliphatic carbocycles. The van der Waals surface area contributed by atoms with Gasteiger partial charge in [-0.2, -0.15) is 0 Å². The predicted molar refractivity (Wildman–Crippen MR) is 77.2 cm³/mol. The number of carboxylic acids is 1. The summed E-state index contributed by atoms with van der Waals surface area (Å²) in [5.41, 5.74) is 0.790. The van der Waals surface area contributed by atoms with Crippen LogP contribution in [0.4, 0.5) is 4.39 Å². The van der Waals surface area contributed by atoms with E-state index >= 15 is 0 Å². The number of nitrogens with one attached hydrogen (secondary N) is 1. The summed E-state index contributed by atoms with van der Waals surface area (Å²) < 4.78 is 12.8. The highest BCUT2D eigenvalue weighted by Gasteiger charge is 2.18. The Morgan fingerprint density at radius 2 is 1.90 bits per heavy atom. The first kappa shape index (κ1) is 17.1. The molecule has 0 heterocycles. The number of carboxylic acid groups (broad SMARTS) is 1. The van der Waals surface area contributed by atoms with E-state index < -0.39 is 5.97 Å². The Morgan fingerprint density at radius 3 is 2.43 bits per heavy atom. The van der Waals surface area contributed by atoms with Crippen LogP contribution in [0.3, 0.4) is 0 Å². The van der Waals surface area contributed by atoms with Crippen molar-refractivity contribution in [3.63, 3.8) is 0 Å². The van der Waals surface area contributed by atoms with Crippen molar-refractivity contribution in [2.45, 2.75) is 32.9 Å². The Morgan fingerprint density at radius 1 is 1.29 bits per heavy atom. The molecule has 0 aromatic heterocycles. The quantitative estimate of drug-likeness (QED) is 0.765. The lowest BCUT2D eigenvalue weighted by Gasteiger charge is -2.25. The first-order valence-electron chi connectivity index (χ1n) is 6.89. The zero-order valence-corrected chi connectivity index (χ0v) is 12.3. The van der Waals surface area contributed by atoms with Gasteiger partial charge in [0.1, 0.15) is 5.82 Å². The molecule has 6 heteroatoms. The molecule has 5 nitrogen and oxygen atoms in total. The van der Waals surface area contributed by atoms with E-state index in [0.29, 0.717) is 6.54 Å². The van der Waals surface area contributed by atoms with Crippen molar-refractivity contribution in [2.24, 2.45) is 0 Å². The molecular formula is C15H21FN2O3. The van der Waals surface area contributed by atoms with Crippen LogP contribution >= 0.6 is 0 Å². The summed E-state index contributed by atoms with van der Waals surface area (Å²) in [6.45, 7) is 3.98. The average molecular weight is 296 g/mol. The summed E-state index contributed by atoms with van der Waals surface area (Å²) in [6, 6.07) is 5.87. The highest BCUT2D eigenvalue weighted by molar-refractivity contribution is 5.79. The van der Waals surface area contributed by atoms with Crippen molar-refractivity contribution in [3.8, 4) is 0 Å². The van der Waals surface area contributed by atoms with Crippen LogP contribution in [0.2, 0.25) is 0 Å². The molecule has 1 atom stereocenters. The second kappa shape index (κ2) is 8.36. The van der Waals surface area contributed by atoms with Crippen LogP contribution in [0.5, 0.6) is 0 Å². The molecule has 1 unspecified atom stereocenters. The monoisotopic (exact) mass is 296 g/mol. The minimum Gasteiger partial charge on any atom is -0.480 e. The SMILES string of the molecule is CCC(C)N(CC(=O)O)CC(=O)NCc1ccc(F)cc1. The summed E-state index contributed by atoms with van der Waals surface area (Å²) in [5, 5.41) is 11.6. The lowest BCUT2D eigenvalue weighted by Crippen LogP contribution is -2.44. The largest absolute Gasteiger partial charge is 0.480 e. The van der Waals surface area contributed by atoms with Gasteiger partial charge >= 0.3 is 5.97 Å². The number of aliphatic carboxylic acids is 1. The molecule has 0 saturated carbocycles. The topological polar surface area (TPSA) is 69.6 Å². The van der Waals surface area contributed by atoms with Gasteiger partial charge in [-0.25, -0.2) is 4.39 Å². The third-order valence-electron chi connectivity index (χ3n) is 3.30. The molecule has 116 valence electrons. The van der Waals surface area contributed by atoms with Gasteiger partial charge in [0.15, 0.2) is 0 Å². The standard InChI is InChI=1S/C15H21FN2O3/c1-3-11(2)18(10-15(20)21)9-14(19)17-8-12-4-6-13(16)7-5-12/h4-7,11H,3,8-10H2,1-2H3,(H,17,19)(H,20,21). The fraction of sp³-hybridized carbons (Fsp3) is 0.467. The van der Waals surface area contributed by atoms with Crippen molar-refractivity contribution in [2.75, 3.05) is 13.1 Å². The first-order valence-corrected chi connectivity index (χ1v) is 6.89. The van der Waals surface area contributed by atoms with Crippen LogP contribution in [0, 0.1) is 5.82 Å². The average Bonchev–Trinajstić information content (AvgIpc) is 2.44. The number of benzene rings is 1. The van der Waals surface area contributed by atoms with Gasteiger partial charge in [0, 0.05) is 12.6 Å². The van der Waals surface area contributed by atoms with E-state index in [1.54, 1.807) is 17.0 Å². The summed E-state index contributed by atoms with van der Waals surface area (Å²) in [7, 11) is 0. The van der Waals surface area contributed by atoms with Crippen molar-refractivity contribution < 1.29 is 19.1 Å². The summed E-state index contributed by atoms with van der Waals surface area (Å²) in [6.07, 6.45) is 0.762. The summed E-state index contributed by atoms with van der Waals surface area (Å²) in [4.78, 5) is 24.3. The zero-order valence-electron chi connectivity index (χ0n) is 12.3. The number of rotatable bonds is 8. The second-order valence-corrected chi connectivity index (χ2v) is 4.96. The molecule has 0 fully saturated rings. The maximum Gasteiger partial charge on any atom is 0.317 e. The van der Waals surface area contributed by atoms with E-state index in [4.69, 9.17) is 5.11 Å². The minimum atomic E-state index is -0.957. The number of nitrogens with zero attached hydrogens (tertiary/aromatic N) is 1. The van der Waals surface area contributed by atoms with Crippen LogP contribution in [-0.4, -0.2) is 41.0 Å². The van der Waals surface area contributed by atoms with Gasteiger partial charge in [-0.05, 0) is 31.0 Å². The summed E-state index contributed by atoms with van der Waals surface area (Å²) >= 11 is 0. The molecule has 0 aliphatic rings. The normalized spacial score (nSPS) is 12.2. The van der Waals surface area contributed by atoms with Crippen LogP contribution < -0.4 is 5.32 Å². The molecule has 1 rings (SSSR count). The van der Waals surface area contributed by atoms with E-state index in [0.717, 1.165) is 12.0 Å². The minimum absolute atomic E-state index is 0.0117. The van der Waals surface area contributed by atoms with Gasteiger partial charge in [0.05, 0.1) is 13.1 Å². The molecule has 1 aromatic carbocycles. The third kappa shape index (κ3) is 6.35. The number of hydrogen-bond acceptors (Lipinski definition) is 3. The molecule has 0 radical (unpaired) electrons. The molecule has 0 spiro atoms. The smallest absolute Gasteiger partial charge is 0.317 e. The molecule has 0 aliphatic heterocycles. The lowest BCUT2D eigenvalue weighted by atomic mass is 10.2. The van der Waals surface area contributed by atoms with Crippen molar-refractivity contribution in [3.05, 3.63) is 35.6 Å². The Kier molecular flexibility index (Phi) is 6.81. The third-order valence-corrected chi connectivity index (χ3v) is 3.30. The lowest BCUT2D eigenvalue weighted by molar-refractivity contribution is -0.139. The van der Waals surface area contributed by atoms with Gasteiger partial charge in [0.2, 0.25) is 5.91 Å². The maximum absolute atomic E-state index is 12.8. The molecule has 1 amide bonds. The Balaban J connectivity index is 2.49. The zero-order chi connectivity index (χ0) is 15.8. The van der Waals surface area contributed by atoms with Gasteiger partial charge in [-0.3, -0.25) is 14.5 Å². The van der Waals surface area contributed by atoms with Gasteiger partial charge in [-0.15, -0.1) is 0 Å². The van der Waals surface area contributed by atoms with Gasteiger partial charge in [0.25, 0.3) is 0 Å². The van der Waals surface area contributed by atoms with E-state index in [1.807, 2.05) is 13.8 Å². The van der Waals surface area contributed by atoms with Crippen molar-refractivity contribution in [1.29, 1.82) is 0 Å². The fourth-order valence-corrected chi connectivity index (χ4v) is 1.84. The fourth-order valence-electron chi connectivity index (χ4n) is 1.84.